The molecule has 0 saturated heterocycles. The van der Waals surface area contributed by atoms with Crippen LogP contribution in [0, 0.1) is 0 Å². The van der Waals surface area contributed by atoms with E-state index in [-0.39, 0.29) is 18.9 Å². The van der Waals surface area contributed by atoms with E-state index in [1.165, 1.54) is 26.0 Å². The second-order valence-electron chi connectivity index (χ2n) is 4.76. The van der Waals surface area contributed by atoms with Crippen LogP contribution in [0.3, 0.4) is 0 Å². The highest BCUT2D eigenvalue weighted by atomic mass is 35.5. The minimum absolute atomic E-state index is 0.0219. The van der Waals surface area contributed by atoms with Gasteiger partial charge in [0.25, 0.3) is 0 Å². The fourth-order valence-corrected chi connectivity index (χ4v) is 2.35. The first-order valence-corrected chi connectivity index (χ1v) is 7.78. The van der Waals surface area contributed by atoms with Crippen molar-refractivity contribution >= 4 is 23.5 Å². The summed E-state index contributed by atoms with van der Waals surface area (Å²) in [5.41, 5.74) is -2.07. The number of para-hydroxylation sites is 1. The largest absolute Gasteiger partial charge is 0.462 e. The molecule has 1 aromatic heterocycles. The Balaban J connectivity index is 2.78. The highest BCUT2D eigenvalue weighted by Crippen LogP contribution is 2.38. The summed E-state index contributed by atoms with van der Waals surface area (Å²) in [6.45, 7) is 2.94. The van der Waals surface area contributed by atoms with E-state index in [4.69, 9.17) is 21.1 Å². The van der Waals surface area contributed by atoms with Crippen molar-refractivity contribution in [3.05, 3.63) is 47.3 Å². The third kappa shape index (κ3) is 3.96. The molecule has 1 heterocycles. The van der Waals surface area contributed by atoms with Gasteiger partial charge in [0.1, 0.15) is 11.3 Å². The van der Waals surface area contributed by atoms with Gasteiger partial charge in [-0.1, -0.05) is 18.2 Å². The Morgan fingerprint density at radius 3 is 2.20 bits per heavy atom. The SMILES string of the molecule is CCOC(=O)c1nn(-c2ccccc2)c(C(F)(F)Cl)c1C(=O)OCC. The van der Waals surface area contributed by atoms with Gasteiger partial charge in [-0.15, -0.1) is 0 Å². The molecule has 0 aliphatic rings. The van der Waals surface area contributed by atoms with Crippen molar-refractivity contribution in [3.8, 4) is 5.69 Å². The minimum atomic E-state index is -3.98. The lowest BCUT2D eigenvalue weighted by molar-refractivity contribution is 0.0460. The molecule has 0 aliphatic heterocycles. The monoisotopic (exact) mass is 372 g/mol. The summed E-state index contributed by atoms with van der Waals surface area (Å²) in [4.78, 5) is 24.3. The molecule has 0 spiro atoms. The van der Waals surface area contributed by atoms with E-state index in [1.807, 2.05) is 0 Å². The quantitative estimate of drug-likeness (QED) is 0.573. The maximum Gasteiger partial charge on any atom is 0.365 e. The summed E-state index contributed by atoms with van der Waals surface area (Å²) in [6.07, 6.45) is 0. The van der Waals surface area contributed by atoms with Crippen LogP contribution in [0.4, 0.5) is 8.78 Å². The number of rotatable bonds is 6. The summed E-state index contributed by atoms with van der Waals surface area (Å²) in [5, 5.41) is -0.131. The summed E-state index contributed by atoms with van der Waals surface area (Å²) >= 11 is 5.20. The average Bonchev–Trinajstić information content (AvgIpc) is 2.97. The number of nitrogens with zero attached hydrogens (tertiary/aromatic N) is 2. The Labute approximate surface area is 147 Å². The smallest absolute Gasteiger partial charge is 0.365 e. The minimum Gasteiger partial charge on any atom is -0.462 e. The van der Waals surface area contributed by atoms with Gasteiger partial charge in [0, 0.05) is 0 Å². The van der Waals surface area contributed by atoms with Crippen molar-refractivity contribution in [2.24, 2.45) is 0 Å². The van der Waals surface area contributed by atoms with E-state index in [0.29, 0.717) is 0 Å². The molecule has 0 atom stereocenters. The second kappa shape index (κ2) is 7.60. The Morgan fingerprint density at radius 2 is 1.68 bits per heavy atom. The first-order chi connectivity index (χ1) is 11.8. The molecular weight excluding hydrogens is 358 g/mol. The van der Waals surface area contributed by atoms with Gasteiger partial charge in [-0.05, 0) is 37.6 Å². The topological polar surface area (TPSA) is 70.4 Å². The first kappa shape index (κ1) is 18.9. The predicted molar refractivity (Wildman–Crippen MR) is 85.2 cm³/mol. The molecule has 0 radical (unpaired) electrons. The zero-order valence-corrected chi connectivity index (χ0v) is 14.2. The van der Waals surface area contributed by atoms with Crippen LogP contribution in [0.5, 0.6) is 0 Å². The van der Waals surface area contributed by atoms with Crippen molar-refractivity contribution in [2.45, 2.75) is 19.2 Å². The summed E-state index contributed by atoms with van der Waals surface area (Å²) < 4.78 is 38.5. The van der Waals surface area contributed by atoms with Crippen LogP contribution in [-0.4, -0.2) is 34.9 Å². The van der Waals surface area contributed by atoms with E-state index in [1.54, 1.807) is 18.2 Å². The Hall–Kier alpha value is -2.48. The fourth-order valence-electron chi connectivity index (χ4n) is 2.17. The third-order valence-electron chi connectivity index (χ3n) is 3.10. The van der Waals surface area contributed by atoms with E-state index >= 15 is 0 Å². The van der Waals surface area contributed by atoms with Gasteiger partial charge < -0.3 is 9.47 Å². The average molecular weight is 373 g/mol. The molecule has 9 heteroatoms. The molecular formula is C16H15ClF2N2O4. The highest BCUT2D eigenvalue weighted by Gasteiger charge is 2.43. The van der Waals surface area contributed by atoms with Crippen molar-refractivity contribution < 1.29 is 27.8 Å². The lowest BCUT2D eigenvalue weighted by Gasteiger charge is -2.13. The predicted octanol–water partition coefficient (Wildman–Crippen LogP) is 3.51. The van der Waals surface area contributed by atoms with Gasteiger partial charge in [0.05, 0.1) is 18.9 Å². The van der Waals surface area contributed by atoms with Crippen LogP contribution in [0.2, 0.25) is 0 Å². The number of carbonyl (C=O) groups is 2. The summed E-state index contributed by atoms with van der Waals surface area (Å²) in [7, 11) is 0. The van der Waals surface area contributed by atoms with Crippen LogP contribution in [0.15, 0.2) is 30.3 Å². The fraction of sp³-hybridized carbons (Fsp3) is 0.312. The molecule has 0 unspecified atom stereocenters. The van der Waals surface area contributed by atoms with Gasteiger partial charge in [-0.3, -0.25) is 0 Å². The standard InChI is InChI=1S/C16H15ClF2N2O4/c1-3-24-14(22)11-12(15(23)25-4-2)20-21(13(11)16(17,18)19)10-8-6-5-7-9-10/h5-9H,3-4H2,1-2H3. The molecule has 2 rings (SSSR count). The van der Waals surface area contributed by atoms with Crippen LogP contribution in [-0.2, 0) is 14.9 Å². The van der Waals surface area contributed by atoms with E-state index in [2.05, 4.69) is 5.10 Å². The zero-order chi connectivity index (χ0) is 18.6. The maximum atomic E-state index is 14.1. The number of halogens is 3. The Kier molecular flexibility index (Phi) is 5.73. The molecule has 0 bridgehead atoms. The number of aromatic nitrogens is 2. The van der Waals surface area contributed by atoms with Crippen LogP contribution < -0.4 is 0 Å². The lowest BCUT2D eigenvalue weighted by Crippen LogP contribution is -2.19. The molecule has 25 heavy (non-hydrogen) atoms. The number of esters is 2. The van der Waals surface area contributed by atoms with Crippen LogP contribution in [0.25, 0.3) is 5.69 Å². The Bertz CT molecular complexity index is 772. The van der Waals surface area contributed by atoms with Crippen molar-refractivity contribution in [1.29, 1.82) is 0 Å². The Morgan fingerprint density at radius 1 is 1.12 bits per heavy atom. The summed E-state index contributed by atoms with van der Waals surface area (Å²) in [6, 6.07) is 7.79. The van der Waals surface area contributed by atoms with Crippen molar-refractivity contribution in [3.63, 3.8) is 0 Å². The molecule has 2 aromatic rings. The number of carbonyl (C=O) groups excluding carboxylic acids is 2. The van der Waals surface area contributed by atoms with Crippen molar-refractivity contribution in [1.82, 2.24) is 9.78 Å². The van der Waals surface area contributed by atoms with Gasteiger partial charge in [0.15, 0.2) is 5.69 Å². The number of alkyl halides is 3. The number of hydrogen-bond donors (Lipinski definition) is 0. The second-order valence-corrected chi connectivity index (χ2v) is 5.23. The summed E-state index contributed by atoms with van der Waals surface area (Å²) in [5.74, 6) is -2.16. The third-order valence-corrected chi connectivity index (χ3v) is 3.28. The molecule has 6 nitrogen and oxygen atoms in total. The first-order valence-electron chi connectivity index (χ1n) is 7.41. The normalized spacial score (nSPS) is 11.2. The van der Waals surface area contributed by atoms with Gasteiger partial charge in [-0.2, -0.15) is 13.9 Å². The van der Waals surface area contributed by atoms with Crippen LogP contribution in [0.1, 0.15) is 40.4 Å². The molecule has 134 valence electrons. The maximum absolute atomic E-state index is 14.1. The molecule has 1 aromatic carbocycles. The number of ether oxygens (including phenoxy) is 2. The van der Waals surface area contributed by atoms with Crippen molar-refractivity contribution in [2.75, 3.05) is 13.2 Å². The van der Waals surface area contributed by atoms with Gasteiger partial charge in [0.2, 0.25) is 0 Å². The molecule has 0 aliphatic carbocycles. The molecule has 0 saturated carbocycles. The van der Waals surface area contributed by atoms with Crippen LogP contribution >= 0.6 is 11.6 Å². The van der Waals surface area contributed by atoms with E-state index in [0.717, 1.165) is 4.68 Å². The van der Waals surface area contributed by atoms with E-state index in [9.17, 15) is 18.4 Å². The lowest BCUT2D eigenvalue weighted by atomic mass is 10.1. The van der Waals surface area contributed by atoms with Gasteiger partial charge >= 0.3 is 17.3 Å². The van der Waals surface area contributed by atoms with E-state index < -0.39 is 34.3 Å². The number of benzene rings is 1. The number of hydrogen-bond acceptors (Lipinski definition) is 5. The molecule has 0 N–H and O–H groups in total. The molecule has 0 amide bonds. The van der Waals surface area contributed by atoms with Gasteiger partial charge in [-0.25, -0.2) is 14.3 Å². The molecule has 0 fully saturated rings. The highest BCUT2D eigenvalue weighted by molar-refractivity contribution is 6.22. The zero-order valence-electron chi connectivity index (χ0n) is 13.5.